The SMILES string of the molecule is C[C@H](Cc1ccc(F)c(Br)c1)C(=O)NC1(C#N)CC1. The number of benzene rings is 1. The third-order valence-corrected chi connectivity index (χ3v) is 3.91. The summed E-state index contributed by atoms with van der Waals surface area (Å²) < 4.78 is 13.5. The Morgan fingerprint density at radius 3 is 2.84 bits per heavy atom. The predicted molar refractivity (Wildman–Crippen MR) is 72.7 cm³/mol. The summed E-state index contributed by atoms with van der Waals surface area (Å²) in [4.78, 5) is 12.0. The van der Waals surface area contributed by atoms with Crippen LogP contribution in [0.25, 0.3) is 0 Å². The van der Waals surface area contributed by atoms with Crippen LogP contribution in [0.3, 0.4) is 0 Å². The van der Waals surface area contributed by atoms with Crippen LogP contribution in [0.1, 0.15) is 25.3 Å². The Morgan fingerprint density at radius 2 is 2.32 bits per heavy atom. The zero-order chi connectivity index (χ0) is 14.0. The van der Waals surface area contributed by atoms with E-state index in [0.29, 0.717) is 10.9 Å². The number of carbonyl (C=O) groups excluding carboxylic acids is 1. The average molecular weight is 325 g/mol. The van der Waals surface area contributed by atoms with Crippen molar-refractivity contribution < 1.29 is 9.18 Å². The van der Waals surface area contributed by atoms with Crippen LogP contribution in [0, 0.1) is 23.1 Å². The van der Waals surface area contributed by atoms with E-state index in [0.717, 1.165) is 18.4 Å². The number of nitriles is 1. The van der Waals surface area contributed by atoms with E-state index in [1.54, 1.807) is 19.1 Å². The molecule has 2 rings (SSSR count). The molecule has 100 valence electrons. The lowest BCUT2D eigenvalue weighted by molar-refractivity contribution is -0.125. The summed E-state index contributed by atoms with van der Waals surface area (Å²) in [7, 11) is 0. The van der Waals surface area contributed by atoms with Gasteiger partial charge in [-0.2, -0.15) is 5.26 Å². The van der Waals surface area contributed by atoms with Gasteiger partial charge in [0.15, 0.2) is 0 Å². The molecule has 1 saturated carbocycles. The molecule has 0 saturated heterocycles. The Kier molecular flexibility index (Phi) is 3.91. The highest BCUT2D eigenvalue weighted by Crippen LogP contribution is 2.34. The minimum atomic E-state index is -0.630. The zero-order valence-electron chi connectivity index (χ0n) is 10.5. The van der Waals surface area contributed by atoms with E-state index in [2.05, 4.69) is 27.3 Å². The Morgan fingerprint density at radius 1 is 1.63 bits per heavy atom. The third-order valence-electron chi connectivity index (χ3n) is 3.30. The topological polar surface area (TPSA) is 52.9 Å². The quantitative estimate of drug-likeness (QED) is 0.925. The predicted octanol–water partition coefficient (Wildman–Crippen LogP) is 2.94. The van der Waals surface area contributed by atoms with Crippen LogP contribution < -0.4 is 5.32 Å². The molecule has 3 nitrogen and oxygen atoms in total. The van der Waals surface area contributed by atoms with Gasteiger partial charge >= 0.3 is 0 Å². The van der Waals surface area contributed by atoms with E-state index < -0.39 is 5.54 Å². The molecule has 19 heavy (non-hydrogen) atoms. The van der Waals surface area contributed by atoms with E-state index in [9.17, 15) is 9.18 Å². The summed E-state index contributed by atoms with van der Waals surface area (Å²) in [6.07, 6.45) is 1.97. The van der Waals surface area contributed by atoms with Gasteiger partial charge in [0.1, 0.15) is 11.4 Å². The molecule has 0 radical (unpaired) electrons. The minimum Gasteiger partial charge on any atom is -0.338 e. The highest BCUT2D eigenvalue weighted by molar-refractivity contribution is 9.10. The summed E-state index contributed by atoms with van der Waals surface area (Å²) in [5, 5.41) is 11.7. The highest BCUT2D eigenvalue weighted by Gasteiger charge is 2.45. The lowest BCUT2D eigenvalue weighted by atomic mass is 10.00. The number of rotatable bonds is 4. The standard InChI is InChI=1S/C14H14BrFN2O/c1-9(13(19)18-14(8-17)4-5-14)6-10-2-3-12(16)11(15)7-10/h2-3,7,9H,4-6H2,1H3,(H,18,19)/t9-/m1/s1. The Bertz CT molecular complexity index is 549. The van der Waals surface area contributed by atoms with Gasteiger partial charge in [-0.3, -0.25) is 4.79 Å². The maximum atomic E-state index is 13.1. The van der Waals surface area contributed by atoms with Crippen molar-refractivity contribution in [3.05, 3.63) is 34.1 Å². The van der Waals surface area contributed by atoms with Gasteiger partial charge in [-0.05, 0) is 52.9 Å². The second-order valence-electron chi connectivity index (χ2n) is 5.04. The van der Waals surface area contributed by atoms with Gasteiger partial charge in [0, 0.05) is 5.92 Å². The Hall–Kier alpha value is -1.41. The van der Waals surface area contributed by atoms with E-state index in [-0.39, 0.29) is 17.6 Å². The van der Waals surface area contributed by atoms with Crippen LogP contribution in [0.2, 0.25) is 0 Å². The molecule has 1 N–H and O–H groups in total. The Labute approximate surface area is 119 Å². The third kappa shape index (κ3) is 3.32. The molecule has 0 heterocycles. The summed E-state index contributed by atoms with van der Waals surface area (Å²) in [6, 6.07) is 6.85. The molecule has 1 fully saturated rings. The van der Waals surface area contributed by atoms with Crippen LogP contribution in [0.4, 0.5) is 4.39 Å². The van der Waals surface area contributed by atoms with Crippen LogP contribution in [0.5, 0.6) is 0 Å². The van der Waals surface area contributed by atoms with E-state index in [1.165, 1.54) is 6.07 Å². The van der Waals surface area contributed by atoms with E-state index in [4.69, 9.17) is 5.26 Å². The largest absolute Gasteiger partial charge is 0.338 e. The molecular weight excluding hydrogens is 311 g/mol. The molecule has 1 aliphatic carbocycles. The molecule has 1 amide bonds. The maximum absolute atomic E-state index is 13.1. The zero-order valence-corrected chi connectivity index (χ0v) is 12.1. The van der Waals surface area contributed by atoms with E-state index in [1.807, 2.05) is 0 Å². The molecule has 0 spiro atoms. The van der Waals surface area contributed by atoms with Crippen molar-refractivity contribution in [1.29, 1.82) is 5.26 Å². The first-order chi connectivity index (χ1) is 8.96. The van der Waals surface area contributed by atoms with Crippen molar-refractivity contribution in [2.24, 2.45) is 5.92 Å². The number of carbonyl (C=O) groups is 1. The van der Waals surface area contributed by atoms with Crippen LogP contribution in [-0.4, -0.2) is 11.4 Å². The minimum absolute atomic E-state index is 0.125. The van der Waals surface area contributed by atoms with Gasteiger partial charge in [-0.1, -0.05) is 13.0 Å². The number of nitrogens with one attached hydrogen (secondary N) is 1. The van der Waals surface area contributed by atoms with Gasteiger partial charge in [-0.15, -0.1) is 0 Å². The number of hydrogen-bond donors (Lipinski definition) is 1. The molecule has 0 bridgehead atoms. The molecule has 1 aromatic rings. The van der Waals surface area contributed by atoms with Crippen molar-refractivity contribution in [2.45, 2.75) is 31.7 Å². The molecule has 1 atom stereocenters. The van der Waals surface area contributed by atoms with Crippen molar-refractivity contribution in [3.8, 4) is 6.07 Å². The fraction of sp³-hybridized carbons (Fsp3) is 0.429. The molecule has 0 aromatic heterocycles. The monoisotopic (exact) mass is 324 g/mol. The Balaban J connectivity index is 1.97. The maximum Gasteiger partial charge on any atom is 0.224 e. The van der Waals surface area contributed by atoms with E-state index >= 15 is 0 Å². The average Bonchev–Trinajstić information content (AvgIpc) is 3.14. The highest BCUT2D eigenvalue weighted by atomic mass is 79.9. The first kappa shape index (κ1) is 14.0. The van der Waals surface area contributed by atoms with Crippen LogP contribution in [-0.2, 0) is 11.2 Å². The number of halogens is 2. The number of nitrogens with zero attached hydrogens (tertiary/aromatic N) is 1. The van der Waals surface area contributed by atoms with Gasteiger partial charge < -0.3 is 5.32 Å². The lowest BCUT2D eigenvalue weighted by Gasteiger charge is -2.15. The molecule has 1 aromatic carbocycles. The van der Waals surface area contributed by atoms with Gasteiger partial charge in [0.2, 0.25) is 5.91 Å². The van der Waals surface area contributed by atoms with Gasteiger partial charge in [0.25, 0.3) is 0 Å². The molecular formula is C14H14BrFN2O. The molecule has 5 heteroatoms. The fourth-order valence-corrected chi connectivity index (χ4v) is 2.29. The molecule has 1 aliphatic rings. The second kappa shape index (κ2) is 5.30. The summed E-state index contributed by atoms with van der Waals surface area (Å²) in [5.41, 5.74) is 0.257. The first-order valence-corrected chi connectivity index (χ1v) is 6.92. The van der Waals surface area contributed by atoms with Crippen LogP contribution >= 0.6 is 15.9 Å². The van der Waals surface area contributed by atoms with Crippen molar-refractivity contribution in [2.75, 3.05) is 0 Å². The smallest absolute Gasteiger partial charge is 0.224 e. The summed E-state index contributed by atoms with van der Waals surface area (Å²) in [6.45, 7) is 1.81. The summed E-state index contributed by atoms with van der Waals surface area (Å²) in [5.74, 6) is -0.690. The van der Waals surface area contributed by atoms with Gasteiger partial charge in [-0.25, -0.2) is 4.39 Å². The first-order valence-electron chi connectivity index (χ1n) is 6.13. The molecule has 0 aliphatic heterocycles. The fourth-order valence-electron chi connectivity index (χ4n) is 1.86. The number of amides is 1. The second-order valence-corrected chi connectivity index (χ2v) is 5.89. The van der Waals surface area contributed by atoms with Crippen molar-refractivity contribution in [1.82, 2.24) is 5.32 Å². The normalized spacial score (nSPS) is 17.4. The van der Waals surface area contributed by atoms with Crippen molar-refractivity contribution in [3.63, 3.8) is 0 Å². The van der Waals surface area contributed by atoms with Gasteiger partial charge in [0.05, 0.1) is 10.5 Å². The van der Waals surface area contributed by atoms with Crippen molar-refractivity contribution >= 4 is 21.8 Å². The summed E-state index contributed by atoms with van der Waals surface area (Å²) >= 11 is 3.12. The number of hydrogen-bond acceptors (Lipinski definition) is 2. The molecule has 0 unspecified atom stereocenters. The van der Waals surface area contributed by atoms with Crippen LogP contribution in [0.15, 0.2) is 22.7 Å². The lowest BCUT2D eigenvalue weighted by Crippen LogP contribution is -2.39.